The van der Waals surface area contributed by atoms with Gasteiger partial charge in [-0.3, -0.25) is 9.59 Å². The number of hydrogen-bond donors (Lipinski definition) is 2. The Morgan fingerprint density at radius 1 is 1.23 bits per heavy atom. The standard InChI is InChI=1S/C16H23N3O2.ClH/c1-11-3-5-13(6-4-11)16(21)19-9-7-14(8-10-19)18-15(20)12(2)17;/h3-6,12,14H,7-10,17H2,1-2H3,(H,18,20);1H/t12-;/m1./s1. The SMILES string of the molecule is Cc1ccc(C(=O)N2CCC(NC(=O)[C@@H](C)N)CC2)cc1.Cl. The molecule has 3 N–H and O–H groups in total. The molecule has 2 rings (SSSR count). The Bertz CT molecular complexity index is 509. The Hall–Kier alpha value is -1.59. The van der Waals surface area contributed by atoms with E-state index in [0.29, 0.717) is 13.1 Å². The number of carbonyl (C=O) groups excluding carboxylic acids is 2. The summed E-state index contributed by atoms with van der Waals surface area (Å²) in [7, 11) is 0. The Morgan fingerprint density at radius 3 is 2.27 bits per heavy atom. The molecule has 1 atom stereocenters. The summed E-state index contributed by atoms with van der Waals surface area (Å²) >= 11 is 0. The van der Waals surface area contributed by atoms with Gasteiger partial charge in [-0.15, -0.1) is 12.4 Å². The number of piperidine rings is 1. The Balaban J connectivity index is 0.00000242. The maximum atomic E-state index is 12.4. The van der Waals surface area contributed by atoms with Crippen LogP contribution in [0.2, 0.25) is 0 Å². The molecule has 0 radical (unpaired) electrons. The van der Waals surface area contributed by atoms with Gasteiger partial charge in [0.15, 0.2) is 0 Å². The lowest BCUT2D eigenvalue weighted by atomic mass is 10.0. The van der Waals surface area contributed by atoms with Crippen LogP contribution in [0.5, 0.6) is 0 Å². The van der Waals surface area contributed by atoms with Gasteiger partial charge >= 0.3 is 0 Å². The molecule has 1 heterocycles. The van der Waals surface area contributed by atoms with E-state index in [1.54, 1.807) is 6.92 Å². The first-order chi connectivity index (χ1) is 9.97. The summed E-state index contributed by atoms with van der Waals surface area (Å²) < 4.78 is 0. The topological polar surface area (TPSA) is 75.4 Å². The van der Waals surface area contributed by atoms with Gasteiger partial charge in [-0.2, -0.15) is 0 Å². The van der Waals surface area contributed by atoms with Crippen LogP contribution in [0.15, 0.2) is 24.3 Å². The van der Waals surface area contributed by atoms with Gasteiger partial charge in [-0.25, -0.2) is 0 Å². The van der Waals surface area contributed by atoms with E-state index >= 15 is 0 Å². The summed E-state index contributed by atoms with van der Waals surface area (Å²) in [6.07, 6.45) is 1.55. The number of amides is 2. The number of hydrogen-bond acceptors (Lipinski definition) is 3. The molecule has 6 heteroatoms. The second-order valence-corrected chi connectivity index (χ2v) is 5.73. The maximum Gasteiger partial charge on any atom is 0.253 e. The molecule has 0 unspecified atom stereocenters. The van der Waals surface area contributed by atoms with E-state index < -0.39 is 6.04 Å². The third-order valence-corrected chi connectivity index (χ3v) is 3.84. The molecule has 1 aliphatic heterocycles. The summed E-state index contributed by atoms with van der Waals surface area (Å²) in [6, 6.07) is 7.25. The fourth-order valence-corrected chi connectivity index (χ4v) is 2.44. The van der Waals surface area contributed by atoms with Gasteiger partial charge in [0.1, 0.15) is 0 Å². The van der Waals surface area contributed by atoms with Crippen LogP contribution in [0, 0.1) is 6.92 Å². The van der Waals surface area contributed by atoms with Gasteiger partial charge in [0.25, 0.3) is 5.91 Å². The molecule has 0 bridgehead atoms. The number of halogens is 1. The van der Waals surface area contributed by atoms with Crippen LogP contribution in [-0.4, -0.2) is 41.9 Å². The molecule has 122 valence electrons. The van der Waals surface area contributed by atoms with Crippen molar-refractivity contribution in [3.63, 3.8) is 0 Å². The van der Waals surface area contributed by atoms with E-state index in [0.717, 1.165) is 24.0 Å². The first-order valence-corrected chi connectivity index (χ1v) is 7.39. The first-order valence-electron chi connectivity index (χ1n) is 7.39. The van der Waals surface area contributed by atoms with Crippen molar-refractivity contribution < 1.29 is 9.59 Å². The average Bonchev–Trinajstić information content (AvgIpc) is 2.48. The fraction of sp³-hybridized carbons (Fsp3) is 0.500. The first kappa shape index (κ1) is 18.5. The quantitative estimate of drug-likeness (QED) is 0.884. The molecule has 1 aromatic carbocycles. The van der Waals surface area contributed by atoms with Crippen molar-refractivity contribution in [2.75, 3.05) is 13.1 Å². The van der Waals surface area contributed by atoms with E-state index in [9.17, 15) is 9.59 Å². The van der Waals surface area contributed by atoms with Gasteiger partial charge < -0.3 is 16.0 Å². The van der Waals surface area contributed by atoms with Gasteiger partial charge in [0.2, 0.25) is 5.91 Å². The highest BCUT2D eigenvalue weighted by Gasteiger charge is 2.25. The van der Waals surface area contributed by atoms with E-state index in [4.69, 9.17) is 5.73 Å². The van der Waals surface area contributed by atoms with Crippen LogP contribution >= 0.6 is 12.4 Å². The summed E-state index contributed by atoms with van der Waals surface area (Å²) in [5, 5.41) is 2.92. The summed E-state index contributed by atoms with van der Waals surface area (Å²) in [6.45, 7) is 5.00. The number of likely N-dealkylation sites (tertiary alicyclic amines) is 1. The molecule has 0 aromatic heterocycles. The maximum absolute atomic E-state index is 12.4. The number of rotatable bonds is 3. The van der Waals surface area contributed by atoms with Crippen LogP contribution in [0.1, 0.15) is 35.7 Å². The molecule has 1 aromatic rings. The predicted octanol–water partition coefficient (Wildman–Crippen LogP) is 1.48. The number of nitrogens with two attached hydrogens (primary N) is 1. The molecule has 1 fully saturated rings. The molecular weight excluding hydrogens is 302 g/mol. The Morgan fingerprint density at radius 2 is 1.77 bits per heavy atom. The molecule has 2 amide bonds. The molecule has 0 aliphatic carbocycles. The summed E-state index contributed by atoms with van der Waals surface area (Å²) in [4.78, 5) is 25.8. The van der Waals surface area contributed by atoms with Crippen LogP contribution in [0.4, 0.5) is 0 Å². The third kappa shape index (κ3) is 4.71. The largest absolute Gasteiger partial charge is 0.352 e. The Labute approximate surface area is 137 Å². The minimum absolute atomic E-state index is 0. The van der Waals surface area contributed by atoms with Crippen molar-refractivity contribution in [2.45, 2.75) is 38.8 Å². The van der Waals surface area contributed by atoms with E-state index in [2.05, 4.69) is 5.32 Å². The zero-order chi connectivity index (χ0) is 15.4. The third-order valence-electron chi connectivity index (χ3n) is 3.84. The zero-order valence-corrected chi connectivity index (χ0v) is 13.9. The predicted molar refractivity (Wildman–Crippen MR) is 89.1 cm³/mol. The summed E-state index contributed by atoms with van der Waals surface area (Å²) in [5.41, 5.74) is 7.40. The average molecular weight is 326 g/mol. The molecule has 0 spiro atoms. The molecule has 1 saturated heterocycles. The highest BCUT2D eigenvalue weighted by atomic mass is 35.5. The lowest BCUT2D eigenvalue weighted by molar-refractivity contribution is -0.122. The Kier molecular flexibility index (Phi) is 6.84. The lowest BCUT2D eigenvalue weighted by Crippen LogP contribution is -2.49. The monoisotopic (exact) mass is 325 g/mol. The highest BCUT2D eigenvalue weighted by molar-refractivity contribution is 5.94. The van der Waals surface area contributed by atoms with Crippen molar-refractivity contribution in [2.24, 2.45) is 5.73 Å². The van der Waals surface area contributed by atoms with Gasteiger partial charge in [0, 0.05) is 24.7 Å². The van der Waals surface area contributed by atoms with Crippen LogP contribution in [0.25, 0.3) is 0 Å². The van der Waals surface area contributed by atoms with Gasteiger partial charge in [-0.05, 0) is 38.8 Å². The van der Waals surface area contributed by atoms with Gasteiger partial charge in [0.05, 0.1) is 6.04 Å². The van der Waals surface area contributed by atoms with Crippen molar-refractivity contribution in [3.8, 4) is 0 Å². The number of carbonyl (C=O) groups is 2. The molecule has 5 nitrogen and oxygen atoms in total. The van der Waals surface area contributed by atoms with Crippen LogP contribution in [-0.2, 0) is 4.79 Å². The van der Waals surface area contributed by atoms with Crippen LogP contribution < -0.4 is 11.1 Å². The molecule has 22 heavy (non-hydrogen) atoms. The minimum atomic E-state index is -0.489. The molecular formula is C16H24ClN3O2. The number of nitrogens with one attached hydrogen (secondary N) is 1. The number of nitrogens with zero attached hydrogens (tertiary/aromatic N) is 1. The minimum Gasteiger partial charge on any atom is -0.352 e. The second-order valence-electron chi connectivity index (χ2n) is 5.73. The van der Waals surface area contributed by atoms with E-state index in [1.807, 2.05) is 36.1 Å². The zero-order valence-electron chi connectivity index (χ0n) is 13.0. The van der Waals surface area contributed by atoms with E-state index in [1.165, 1.54) is 0 Å². The van der Waals surface area contributed by atoms with Crippen molar-refractivity contribution >= 4 is 24.2 Å². The van der Waals surface area contributed by atoms with Crippen LogP contribution in [0.3, 0.4) is 0 Å². The lowest BCUT2D eigenvalue weighted by Gasteiger charge is -2.32. The molecule has 1 aliphatic rings. The van der Waals surface area contributed by atoms with Crippen molar-refractivity contribution in [1.29, 1.82) is 0 Å². The second kappa shape index (κ2) is 8.15. The van der Waals surface area contributed by atoms with Crippen molar-refractivity contribution in [3.05, 3.63) is 35.4 Å². The number of benzene rings is 1. The normalized spacial score (nSPS) is 16.6. The summed E-state index contributed by atoms with van der Waals surface area (Å²) in [5.74, 6) is -0.0646. The van der Waals surface area contributed by atoms with Crippen molar-refractivity contribution in [1.82, 2.24) is 10.2 Å². The molecule has 0 saturated carbocycles. The van der Waals surface area contributed by atoms with E-state index in [-0.39, 0.29) is 30.3 Å². The van der Waals surface area contributed by atoms with Gasteiger partial charge in [-0.1, -0.05) is 17.7 Å². The highest BCUT2D eigenvalue weighted by Crippen LogP contribution is 2.14. The fourth-order valence-electron chi connectivity index (χ4n) is 2.44. The smallest absolute Gasteiger partial charge is 0.253 e. The number of aryl methyl sites for hydroxylation is 1.